The van der Waals surface area contributed by atoms with Crippen molar-refractivity contribution in [2.75, 3.05) is 6.86 Å². The second-order valence-corrected chi connectivity index (χ2v) is 5.84. The highest BCUT2D eigenvalue weighted by atomic mass is 19.1. The number of nitrogens with zero attached hydrogens (tertiary/aromatic N) is 1. The van der Waals surface area contributed by atoms with Crippen molar-refractivity contribution in [3.8, 4) is 16.9 Å². The van der Waals surface area contributed by atoms with E-state index in [1.54, 1.807) is 12.3 Å². The van der Waals surface area contributed by atoms with Crippen molar-refractivity contribution in [1.29, 1.82) is 0 Å². The molecule has 1 aromatic heterocycles. The minimum absolute atomic E-state index is 0.190. The van der Waals surface area contributed by atoms with Crippen LogP contribution in [-0.4, -0.2) is 17.9 Å². The fourth-order valence-corrected chi connectivity index (χ4v) is 3.04. The summed E-state index contributed by atoms with van der Waals surface area (Å²) in [7, 11) is 0. The van der Waals surface area contributed by atoms with E-state index >= 15 is 0 Å². The first-order chi connectivity index (χ1) is 11.3. The van der Waals surface area contributed by atoms with Gasteiger partial charge in [0.05, 0.1) is 0 Å². The first kappa shape index (κ1) is 15.9. The van der Waals surface area contributed by atoms with E-state index < -0.39 is 12.7 Å². The van der Waals surface area contributed by atoms with Gasteiger partial charge in [-0.3, -0.25) is 4.98 Å². The molecule has 0 radical (unpaired) electrons. The molecular formula is C18H20F2N2O. The monoisotopic (exact) mass is 318 g/mol. The largest absolute Gasteiger partial charge is 0.462 e. The average molecular weight is 318 g/mol. The number of nitrogens with one attached hydrogen (secondary N) is 1. The van der Waals surface area contributed by atoms with Gasteiger partial charge >= 0.3 is 0 Å². The second-order valence-electron chi connectivity index (χ2n) is 5.84. The molecule has 1 aliphatic rings. The molecule has 3 rings (SSSR count). The normalized spacial score (nSPS) is 15.0. The maximum absolute atomic E-state index is 13.3. The molecule has 1 aromatic carbocycles. The van der Waals surface area contributed by atoms with Crippen molar-refractivity contribution in [1.82, 2.24) is 10.3 Å². The quantitative estimate of drug-likeness (QED) is 0.865. The second kappa shape index (κ2) is 7.51. The Morgan fingerprint density at radius 3 is 2.78 bits per heavy atom. The van der Waals surface area contributed by atoms with E-state index in [2.05, 4.69) is 10.3 Å². The minimum Gasteiger partial charge on any atom is -0.462 e. The highest BCUT2D eigenvalue weighted by molar-refractivity contribution is 5.70. The van der Waals surface area contributed by atoms with E-state index in [1.807, 2.05) is 12.3 Å². The third kappa shape index (κ3) is 4.05. The van der Waals surface area contributed by atoms with Gasteiger partial charge in [0.2, 0.25) is 6.86 Å². The molecule has 5 heteroatoms. The molecule has 0 bridgehead atoms. The van der Waals surface area contributed by atoms with Crippen molar-refractivity contribution >= 4 is 0 Å². The van der Waals surface area contributed by atoms with Crippen molar-refractivity contribution < 1.29 is 13.5 Å². The van der Waals surface area contributed by atoms with Crippen LogP contribution in [-0.2, 0) is 6.54 Å². The summed E-state index contributed by atoms with van der Waals surface area (Å²) in [5.41, 5.74) is 2.48. The van der Waals surface area contributed by atoms with E-state index in [0.29, 0.717) is 11.6 Å². The smallest absolute Gasteiger partial charge is 0.228 e. The minimum atomic E-state index is -0.993. The zero-order chi connectivity index (χ0) is 16.1. The number of hydrogen-bond donors (Lipinski definition) is 1. The molecule has 1 N–H and O–H groups in total. The van der Waals surface area contributed by atoms with Crippen LogP contribution in [0.3, 0.4) is 0 Å². The van der Waals surface area contributed by atoms with Crippen LogP contribution in [0.4, 0.5) is 8.78 Å². The molecule has 23 heavy (non-hydrogen) atoms. The summed E-state index contributed by atoms with van der Waals surface area (Å²) in [6, 6.07) is 6.68. The molecule has 1 aliphatic carbocycles. The van der Waals surface area contributed by atoms with Crippen molar-refractivity contribution in [3.63, 3.8) is 0 Å². The van der Waals surface area contributed by atoms with Gasteiger partial charge in [-0.2, -0.15) is 0 Å². The lowest BCUT2D eigenvalue weighted by Gasteiger charge is -2.13. The lowest BCUT2D eigenvalue weighted by molar-refractivity contribution is 0.192. The summed E-state index contributed by atoms with van der Waals surface area (Å²) in [5, 5.41) is 3.53. The zero-order valence-electron chi connectivity index (χ0n) is 12.9. The lowest BCUT2D eigenvalue weighted by Crippen LogP contribution is -2.25. The van der Waals surface area contributed by atoms with Gasteiger partial charge in [-0.15, -0.1) is 0 Å². The lowest BCUT2D eigenvalue weighted by atomic mass is 10.0. The summed E-state index contributed by atoms with van der Waals surface area (Å²) in [4.78, 5) is 4.25. The van der Waals surface area contributed by atoms with Crippen LogP contribution in [0.25, 0.3) is 11.1 Å². The Hall–Kier alpha value is -2.01. The van der Waals surface area contributed by atoms with E-state index in [1.165, 1.54) is 37.8 Å². The van der Waals surface area contributed by atoms with Crippen LogP contribution in [0.15, 0.2) is 36.7 Å². The van der Waals surface area contributed by atoms with Gasteiger partial charge in [0, 0.05) is 42.2 Å². The van der Waals surface area contributed by atoms with Gasteiger partial charge < -0.3 is 10.1 Å². The summed E-state index contributed by atoms with van der Waals surface area (Å²) in [6.07, 6.45) is 8.51. The molecule has 0 atom stereocenters. The number of benzene rings is 1. The van der Waals surface area contributed by atoms with Crippen molar-refractivity contribution in [2.45, 2.75) is 38.3 Å². The van der Waals surface area contributed by atoms with Gasteiger partial charge in [-0.05, 0) is 36.6 Å². The number of aromatic nitrogens is 1. The Kier molecular flexibility index (Phi) is 5.18. The molecule has 1 saturated carbocycles. The van der Waals surface area contributed by atoms with Crippen LogP contribution in [0.2, 0.25) is 0 Å². The first-order valence-corrected chi connectivity index (χ1v) is 7.92. The van der Waals surface area contributed by atoms with E-state index in [0.717, 1.165) is 17.7 Å². The standard InChI is InChI=1S/C18H20F2N2O/c19-12-23-18-8-15(20)5-6-17(18)14-7-13(9-21-11-14)10-22-16-3-1-2-4-16/h5-9,11,16,22H,1-4,10,12H2. The number of ether oxygens (including phenoxy) is 1. The van der Waals surface area contributed by atoms with Crippen LogP contribution >= 0.6 is 0 Å². The molecule has 1 heterocycles. The molecule has 3 nitrogen and oxygen atoms in total. The average Bonchev–Trinajstić information content (AvgIpc) is 3.07. The summed E-state index contributed by atoms with van der Waals surface area (Å²) in [5.74, 6) is -0.264. The third-order valence-corrected chi connectivity index (χ3v) is 4.21. The molecule has 0 unspecified atom stereocenters. The summed E-state index contributed by atoms with van der Waals surface area (Å²) >= 11 is 0. The van der Waals surface area contributed by atoms with Gasteiger partial charge in [0.1, 0.15) is 11.6 Å². The fraction of sp³-hybridized carbons (Fsp3) is 0.389. The van der Waals surface area contributed by atoms with E-state index in [-0.39, 0.29) is 5.75 Å². The number of hydrogen-bond acceptors (Lipinski definition) is 3. The van der Waals surface area contributed by atoms with Crippen molar-refractivity contribution in [3.05, 3.63) is 48.0 Å². The molecule has 2 aromatic rings. The van der Waals surface area contributed by atoms with Crippen LogP contribution in [0.1, 0.15) is 31.2 Å². The number of halogens is 2. The van der Waals surface area contributed by atoms with Crippen LogP contribution in [0.5, 0.6) is 5.75 Å². The van der Waals surface area contributed by atoms with Gasteiger partial charge in [0.15, 0.2) is 0 Å². The predicted octanol–water partition coefficient (Wildman–Crippen LogP) is 4.23. The van der Waals surface area contributed by atoms with Crippen molar-refractivity contribution in [2.24, 2.45) is 0 Å². The van der Waals surface area contributed by atoms with Gasteiger partial charge in [-0.1, -0.05) is 12.8 Å². The Morgan fingerprint density at radius 1 is 1.17 bits per heavy atom. The maximum atomic E-state index is 13.3. The van der Waals surface area contributed by atoms with Crippen LogP contribution < -0.4 is 10.1 Å². The predicted molar refractivity (Wildman–Crippen MR) is 85.3 cm³/mol. The maximum Gasteiger partial charge on any atom is 0.228 e. The Balaban J connectivity index is 1.78. The Bertz CT molecular complexity index is 657. The van der Waals surface area contributed by atoms with E-state index in [4.69, 9.17) is 4.74 Å². The zero-order valence-corrected chi connectivity index (χ0v) is 12.9. The fourth-order valence-electron chi connectivity index (χ4n) is 3.04. The molecular weight excluding hydrogens is 298 g/mol. The molecule has 0 aliphatic heterocycles. The number of rotatable bonds is 6. The number of alkyl halides is 1. The topological polar surface area (TPSA) is 34.1 Å². The first-order valence-electron chi connectivity index (χ1n) is 7.92. The molecule has 1 fully saturated rings. The third-order valence-electron chi connectivity index (χ3n) is 4.21. The van der Waals surface area contributed by atoms with E-state index in [9.17, 15) is 8.78 Å². The molecule has 0 saturated heterocycles. The van der Waals surface area contributed by atoms with Crippen LogP contribution in [0, 0.1) is 5.82 Å². The molecule has 0 spiro atoms. The Morgan fingerprint density at radius 2 is 2.00 bits per heavy atom. The number of pyridine rings is 1. The highest BCUT2D eigenvalue weighted by Crippen LogP contribution is 2.31. The van der Waals surface area contributed by atoms with Gasteiger partial charge in [-0.25, -0.2) is 8.78 Å². The molecule has 122 valence electrons. The summed E-state index contributed by atoms with van der Waals surface area (Å²) < 4.78 is 30.7. The SMILES string of the molecule is FCOc1cc(F)ccc1-c1cncc(CNC2CCCC2)c1. The highest BCUT2D eigenvalue weighted by Gasteiger charge is 2.14. The van der Waals surface area contributed by atoms with Gasteiger partial charge in [0.25, 0.3) is 0 Å². The molecule has 0 amide bonds. The summed E-state index contributed by atoms with van der Waals surface area (Å²) in [6.45, 7) is -0.251. The Labute approximate surface area is 134 Å².